The second kappa shape index (κ2) is 8.95. The van der Waals surface area contributed by atoms with Gasteiger partial charge < -0.3 is 20.6 Å². The molecule has 5 rings (SSSR count). The van der Waals surface area contributed by atoms with Crippen molar-refractivity contribution in [3.8, 4) is 5.75 Å². The number of aromatic nitrogens is 3. The fraction of sp³-hybridized carbons (Fsp3) is 0.120. The summed E-state index contributed by atoms with van der Waals surface area (Å²) in [6, 6.07) is 22.0. The first-order valence-corrected chi connectivity index (χ1v) is 11.4. The molecule has 2 unspecified atom stereocenters. The Morgan fingerprint density at radius 3 is 2.56 bits per heavy atom. The molecule has 170 valence electrons. The third-order valence-electron chi connectivity index (χ3n) is 5.50. The number of carbonyl (C=O) groups is 1. The molecule has 8 nitrogen and oxygen atoms in total. The molecule has 3 aromatic carbocycles. The number of carboxylic acids is 1. The van der Waals surface area contributed by atoms with Crippen molar-refractivity contribution in [3.63, 3.8) is 0 Å². The molecule has 0 radical (unpaired) electrons. The van der Waals surface area contributed by atoms with E-state index in [9.17, 15) is 9.90 Å². The van der Waals surface area contributed by atoms with Gasteiger partial charge in [-0.2, -0.15) is 0 Å². The minimum atomic E-state index is -1.11. The van der Waals surface area contributed by atoms with Gasteiger partial charge in [-0.05, 0) is 42.5 Å². The van der Waals surface area contributed by atoms with Gasteiger partial charge in [0.15, 0.2) is 6.10 Å². The fourth-order valence-corrected chi connectivity index (χ4v) is 4.87. The molecule has 5 aromatic rings. The number of imidazole rings is 1. The Morgan fingerprint density at radius 1 is 1.06 bits per heavy atom. The number of H-pyrrole nitrogens is 1. The third-order valence-corrected chi connectivity index (χ3v) is 6.65. The van der Waals surface area contributed by atoms with Crippen molar-refractivity contribution in [3.05, 3.63) is 89.2 Å². The molecule has 2 aromatic heterocycles. The summed E-state index contributed by atoms with van der Waals surface area (Å²) in [7, 11) is 0. The number of carboxylic acid groups (broad SMARTS) is 1. The van der Waals surface area contributed by atoms with E-state index in [0.29, 0.717) is 27.7 Å². The van der Waals surface area contributed by atoms with E-state index in [1.165, 1.54) is 11.3 Å². The van der Waals surface area contributed by atoms with Crippen molar-refractivity contribution in [1.29, 1.82) is 5.41 Å². The number of ether oxygens (including phenoxy) is 1. The van der Waals surface area contributed by atoms with Crippen molar-refractivity contribution in [2.75, 3.05) is 0 Å². The summed E-state index contributed by atoms with van der Waals surface area (Å²) >= 11 is 1.46. The molecule has 2 heterocycles. The van der Waals surface area contributed by atoms with Gasteiger partial charge in [0.2, 0.25) is 0 Å². The Balaban J connectivity index is 1.57. The van der Waals surface area contributed by atoms with Crippen molar-refractivity contribution < 1.29 is 14.6 Å². The molecule has 0 bridgehead atoms. The van der Waals surface area contributed by atoms with Gasteiger partial charge in [-0.15, -0.1) is 11.3 Å². The number of amidine groups is 1. The van der Waals surface area contributed by atoms with E-state index >= 15 is 0 Å². The first kappa shape index (κ1) is 21.6. The predicted molar refractivity (Wildman–Crippen MR) is 132 cm³/mol. The van der Waals surface area contributed by atoms with Gasteiger partial charge in [0.25, 0.3) is 0 Å². The summed E-state index contributed by atoms with van der Waals surface area (Å²) in [5.41, 5.74) is 8.57. The minimum absolute atomic E-state index is 0.0347. The van der Waals surface area contributed by atoms with Crippen LogP contribution in [-0.4, -0.2) is 38.0 Å². The molecule has 5 N–H and O–H groups in total. The zero-order valence-electron chi connectivity index (χ0n) is 17.9. The second-order valence-corrected chi connectivity index (χ2v) is 8.90. The van der Waals surface area contributed by atoms with Gasteiger partial charge in [0, 0.05) is 12.0 Å². The molecule has 0 amide bonds. The first-order chi connectivity index (χ1) is 16.5. The van der Waals surface area contributed by atoms with Crippen LogP contribution in [0.4, 0.5) is 0 Å². The summed E-state index contributed by atoms with van der Waals surface area (Å²) in [6.07, 6.45) is -0.982. The molecule has 0 aliphatic heterocycles. The Hall–Kier alpha value is -4.24. The lowest BCUT2D eigenvalue weighted by Gasteiger charge is -2.19. The molecule has 0 spiro atoms. The highest BCUT2D eigenvalue weighted by molar-refractivity contribution is 7.18. The van der Waals surface area contributed by atoms with Crippen LogP contribution in [-0.2, 0) is 4.79 Å². The monoisotopic (exact) mass is 471 g/mol. The average Bonchev–Trinajstić information content (AvgIpc) is 3.45. The van der Waals surface area contributed by atoms with E-state index in [4.69, 9.17) is 25.8 Å². The van der Waals surface area contributed by atoms with E-state index in [0.717, 1.165) is 15.7 Å². The lowest BCUT2D eigenvalue weighted by molar-refractivity contribution is -0.145. The largest absolute Gasteiger partial charge is 0.479 e. The van der Waals surface area contributed by atoms with Gasteiger partial charge >= 0.3 is 5.97 Å². The topological polar surface area (TPSA) is 138 Å². The molecule has 0 saturated heterocycles. The smallest absolute Gasteiger partial charge is 0.344 e. The van der Waals surface area contributed by atoms with Crippen LogP contribution < -0.4 is 10.5 Å². The van der Waals surface area contributed by atoms with E-state index in [1.54, 1.807) is 36.4 Å². The number of nitrogens with zero attached hydrogens (tertiary/aromatic N) is 2. The van der Waals surface area contributed by atoms with E-state index in [1.807, 2.05) is 36.4 Å². The summed E-state index contributed by atoms with van der Waals surface area (Å²) in [5.74, 6) is -0.448. The van der Waals surface area contributed by atoms with Gasteiger partial charge in [-0.3, -0.25) is 5.41 Å². The van der Waals surface area contributed by atoms with Crippen LogP contribution in [0.1, 0.15) is 28.7 Å². The molecule has 9 heteroatoms. The maximum absolute atomic E-state index is 12.2. The lowest BCUT2D eigenvalue weighted by Crippen LogP contribution is -2.29. The maximum Gasteiger partial charge on any atom is 0.344 e. The van der Waals surface area contributed by atoms with Crippen LogP contribution in [0.15, 0.2) is 72.8 Å². The summed E-state index contributed by atoms with van der Waals surface area (Å²) in [4.78, 5) is 25.0. The molecular weight excluding hydrogens is 450 g/mol. The number of aliphatic carboxylic acids is 1. The number of nitrogens with two attached hydrogens (primary N) is 1. The Kier molecular flexibility index (Phi) is 5.69. The molecule has 0 saturated carbocycles. The van der Waals surface area contributed by atoms with E-state index in [-0.39, 0.29) is 12.3 Å². The average molecular weight is 472 g/mol. The van der Waals surface area contributed by atoms with Crippen LogP contribution in [0, 0.1) is 5.41 Å². The number of benzene rings is 3. The lowest BCUT2D eigenvalue weighted by atomic mass is 10.0. The highest BCUT2D eigenvalue weighted by Crippen LogP contribution is 2.35. The normalized spacial score (nSPS) is 13.1. The van der Waals surface area contributed by atoms with Gasteiger partial charge in [0.05, 0.1) is 27.2 Å². The van der Waals surface area contributed by atoms with Gasteiger partial charge in [0.1, 0.15) is 22.4 Å². The van der Waals surface area contributed by atoms with Crippen LogP contribution in [0.2, 0.25) is 0 Å². The predicted octanol–water partition coefficient (Wildman–Crippen LogP) is 4.51. The second-order valence-electron chi connectivity index (χ2n) is 7.83. The highest BCUT2D eigenvalue weighted by Gasteiger charge is 2.31. The maximum atomic E-state index is 12.2. The number of nitrogen functional groups attached to an aromatic ring is 1. The zero-order valence-corrected chi connectivity index (χ0v) is 18.8. The van der Waals surface area contributed by atoms with E-state index in [2.05, 4.69) is 4.98 Å². The van der Waals surface area contributed by atoms with Gasteiger partial charge in [-0.25, -0.2) is 14.8 Å². The Bertz CT molecular complexity index is 1460. The Labute approximate surface area is 198 Å². The van der Waals surface area contributed by atoms with E-state index < -0.39 is 18.0 Å². The number of para-hydroxylation sites is 3. The molecule has 0 aliphatic rings. The molecule has 0 aliphatic carbocycles. The van der Waals surface area contributed by atoms with Crippen molar-refractivity contribution in [2.24, 2.45) is 5.73 Å². The summed E-state index contributed by atoms with van der Waals surface area (Å²) < 4.78 is 6.75. The summed E-state index contributed by atoms with van der Waals surface area (Å²) in [5, 5.41) is 18.4. The fourth-order valence-electron chi connectivity index (χ4n) is 3.81. The SMILES string of the molecule is N=C(N)c1ccc2sc(C(CC(Oc3ccccc3)C(=O)O)c3nc4ccccc4[nH]3)nc2c1. The molecular formula is C25H21N5O3S. The quantitative estimate of drug-likeness (QED) is 0.194. The standard InChI is InChI=1S/C25H21N5O3S/c26-22(27)14-10-11-21-19(12-14)30-24(34-21)16(23-28-17-8-4-5-9-18(17)29-23)13-20(25(31)32)33-15-6-2-1-3-7-15/h1-12,16,20H,13H2,(H3,26,27)(H,28,29)(H,31,32). The molecule has 34 heavy (non-hydrogen) atoms. The number of thiazole rings is 1. The van der Waals surface area contributed by atoms with Crippen molar-refractivity contribution >= 4 is 44.4 Å². The third kappa shape index (κ3) is 4.33. The van der Waals surface area contributed by atoms with Crippen LogP contribution in [0.5, 0.6) is 5.75 Å². The molecule has 0 fully saturated rings. The number of hydrogen-bond donors (Lipinski definition) is 4. The number of nitrogens with one attached hydrogen (secondary N) is 2. The number of aromatic amines is 1. The molecule has 2 atom stereocenters. The highest BCUT2D eigenvalue weighted by atomic mass is 32.1. The zero-order chi connectivity index (χ0) is 23.7. The minimum Gasteiger partial charge on any atom is -0.479 e. The number of rotatable bonds is 8. The van der Waals surface area contributed by atoms with Crippen LogP contribution in [0.25, 0.3) is 21.3 Å². The first-order valence-electron chi connectivity index (χ1n) is 10.6. The van der Waals surface area contributed by atoms with Crippen LogP contribution in [0.3, 0.4) is 0 Å². The van der Waals surface area contributed by atoms with Gasteiger partial charge in [-0.1, -0.05) is 30.3 Å². The van der Waals surface area contributed by atoms with Crippen LogP contribution >= 0.6 is 11.3 Å². The number of hydrogen-bond acceptors (Lipinski definition) is 6. The van der Waals surface area contributed by atoms with Crippen molar-refractivity contribution in [2.45, 2.75) is 18.4 Å². The number of fused-ring (bicyclic) bond motifs is 2. The Morgan fingerprint density at radius 2 is 1.82 bits per heavy atom. The summed E-state index contributed by atoms with van der Waals surface area (Å²) in [6.45, 7) is 0. The van der Waals surface area contributed by atoms with Crippen molar-refractivity contribution in [1.82, 2.24) is 15.0 Å².